The van der Waals surface area contributed by atoms with E-state index in [4.69, 9.17) is 0 Å². The molecule has 0 radical (unpaired) electrons. The lowest BCUT2D eigenvalue weighted by atomic mass is 9.47. The zero-order valence-corrected chi connectivity index (χ0v) is 19.8. The Bertz CT molecular complexity index is 946. The van der Waals surface area contributed by atoms with Crippen molar-refractivity contribution < 1.29 is 18.0 Å². The van der Waals surface area contributed by atoms with Gasteiger partial charge in [-0.1, -0.05) is 12.1 Å². The van der Waals surface area contributed by atoms with Crippen molar-refractivity contribution in [3.63, 3.8) is 0 Å². The van der Waals surface area contributed by atoms with Crippen molar-refractivity contribution in [2.45, 2.75) is 68.8 Å². The fourth-order valence-electron chi connectivity index (χ4n) is 6.30. The number of halogens is 1. The monoisotopic (exact) mass is 496 g/mol. The molecule has 0 aliphatic heterocycles. The Morgan fingerprint density at radius 1 is 1.20 bits per heavy atom. The van der Waals surface area contributed by atoms with E-state index in [2.05, 4.69) is 26.0 Å². The first-order valence-corrected chi connectivity index (χ1v) is 12.9. The molecule has 6 nitrogen and oxygen atoms in total. The Balaban J connectivity index is 1.48. The smallest absolute Gasteiger partial charge is 0.265 e. The molecule has 0 spiro atoms. The lowest BCUT2D eigenvalue weighted by molar-refractivity contribution is -0.129. The van der Waals surface area contributed by atoms with Crippen LogP contribution >= 0.6 is 15.9 Å². The van der Waals surface area contributed by atoms with Crippen LogP contribution in [0.3, 0.4) is 0 Å². The van der Waals surface area contributed by atoms with Gasteiger partial charge in [0.05, 0.1) is 5.54 Å². The van der Waals surface area contributed by atoms with Crippen molar-refractivity contribution in [2.24, 2.45) is 23.2 Å². The van der Waals surface area contributed by atoms with E-state index in [0.717, 1.165) is 38.4 Å². The summed E-state index contributed by atoms with van der Waals surface area (Å²) in [4.78, 5) is 24.3. The van der Waals surface area contributed by atoms with Crippen molar-refractivity contribution >= 4 is 38.1 Å². The van der Waals surface area contributed by atoms with Crippen LogP contribution in [0.5, 0.6) is 0 Å². The molecule has 0 heterocycles. The predicted octanol–water partition coefficient (Wildman–Crippen LogP) is 3.41. The molecule has 2 unspecified atom stereocenters. The second-order valence-corrected chi connectivity index (χ2v) is 12.5. The Labute approximate surface area is 186 Å². The van der Waals surface area contributed by atoms with Gasteiger partial charge in [0.1, 0.15) is 11.2 Å². The highest BCUT2D eigenvalue weighted by atomic mass is 79.9. The van der Waals surface area contributed by atoms with E-state index in [1.165, 1.54) is 6.07 Å². The van der Waals surface area contributed by atoms with Gasteiger partial charge >= 0.3 is 0 Å². The van der Waals surface area contributed by atoms with Crippen molar-refractivity contribution in [3.8, 4) is 0 Å². The summed E-state index contributed by atoms with van der Waals surface area (Å²) in [6, 6.07) is 6.61. The van der Waals surface area contributed by atoms with Gasteiger partial charge in [0.25, 0.3) is 15.9 Å². The Kier molecular flexibility index (Phi) is 5.64. The predicted molar refractivity (Wildman–Crippen MR) is 117 cm³/mol. The average molecular weight is 497 g/mol. The molecule has 4 saturated carbocycles. The van der Waals surface area contributed by atoms with Crippen LogP contribution in [0.2, 0.25) is 0 Å². The van der Waals surface area contributed by atoms with E-state index in [-0.39, 0.29) is 16.4 Å². The maximum absolute atomic E-state index is 13.0. The Hall–Kier alpha value is -1.25. The fourth-order valence-corrected chi connectivity index (χ4v) is 8.42. The van der Waals surface area contributed by atoms with Crippen LogP contribution in [0.25, 0.3) is 0 Å². The van der Waals surface area contributed by atoms with Gasteiger partial charge in [-0.25, -0.2) is 13.1 Å². The number of benzene rings is 1. The summed E-state index contributed by atoms with van der Waals surface area (Å²) < 4.78 is 28.1. The third kappa shape index (κ3) is 3.98. The second-order valence-electron chi connectivity index (χ2n) is 10.0. The minimum atomic E-state index is -3.98. The first-order valence-electron chi connectivity index (χ1n) is 10.6. The second kappa shape index (κ2) is 7.71. The lowest BCUT2D eigenvalue weighted by Gasteiger charge is -2.61. The zero-order chi connectivity index (χ0) is 21.7. The standard InChI is InChI=1S/C22H29BrN2O4S/c1-21(2,20(27)25-30(28,29)18-6-4-3-5-17(18)23)24-19-15-9-14-10-16(19)13-22(11-14,12-15)7-8-26/h3-6,8,14-16,19,24H,7,9-13H2,1-2H3,(H,25,27). The summed E-state index contributed by atoms with van der Waals surface area (Å²) in [6.07, 6.45) is 7.15. The number of nitrogens with one attached hydrogen (secondary N) is 2. The summed E-state index contributed by atoms with van der Waals surface area (Å²) in [5.74, 6) is 0.981. The zero-order valence-electron chi connectivity index (χ0n) is 17.4. The van der Waals surface area contributed by atoms with E-state index < -0.39 is 21.5 Å². The number of amides is 1. The van der Waals surface area contributed by atoms with Crippen molar-refractivity contribution in [1.82, 2.24) is 10.0 Å². The molecule has 4 aliphatic rings. The Morgan fingerprint density at radius 3 is 2.43 bits per heavy atom. The summed E-state index contributed by atoms with van der Waals surface area (Å²) in [7, 11) is -3.98. The van der Waals surface area contributed by atoms with E-state index >= 15 is 0 Å². The molecule has 1 aromatic carbocycles. The molecule has 4 fully saturated rings. The number of carbonyl (C=O) groups is 2. The molecular weight excluding hydrogens is 468 g/mol. The summed E-state index contributed by atoms with van der Waals surface area (Å²) in [5.41, 5.74) is -0.891. The molecule has 8 heteroatoms. The highest BCUT2D eigenvalue weighted by Crippen LogP contribution is 2.61. The third-order valence-corrected chi connectivity index (χ3v) is 9.71. The molecule has 4 bridgehead atoms. The number of sulfonamides is 1. The van der Waals surface area contributed by atoms with Crippen LogP contribution in [0, 0.1) is 23.2 Å². The minimum Gasteiger partial charge on any atom is -0.303 e. The first kappa shape index (κ1) is 22.0. The van der Waals surface area contributed by atoms with Crippen LogP contribution in [-0.4, -0.2) is 32.2 Å². The average Bonchev–Trinajstić information content (AvgIpc) is 2.64. The van der Waals surface area contributed by atoms with Gasteiger partial charge in [-0.2, -0.15) is 0 Å². The molecule has 1 aromatic rings. The molecule has 1 amide bonds. The quantitative estimate of drug-likeness (QED) is 0.564. The van der Waals surface area contributed by atoms with Crippen LogP contribution in [-0.2, 0) is 19.6 Å². The highest BCUT2D eigenvalue weighted by Gasteiger charge is 2.56. The molecule has 4 aliphatic carbocycles. The molecule has 0 saturated heterocycles. The van der Waals surface area contributed by atoms with Crippen LogP contribution in [0.15, 0.2) is 33.6 Å². The number of rotatable bonds is 7. The van der Waals surface area contributed by atoms with Crippen LogP contribution < -0.4 is 10.0 Å². The van der Waals surface area contributed by atoms with Gasteiger partial charge in [-0.3, -0.25) is 4.79 Å². The highest BCUT2D eigenvalue weighted by molar-refractivity contribution is 9.10. The third-order valence-electron chi connectivity index (χ3n) is 7.36. The largest absolute Gasteiger partial charge is 0.303 e. The van der Waals surface area contributed by atoms with Crippen LogP contribution in [0.4, 0.5) is 0 Å². The summed E-state index contributed by atoms with van der Waals surface area (Å²) in [6.45, 7) is 3.48. The number of aldehydes is 1. The lowest BCUT2D eigenvalue weighted by Crippen LogP contribution is -2.65. The van der Waals surface area contributed by atoms with E-state index in [0.29, 0.717) is 28.6 Å². The van der Waals surface area contributed by atoms with Crippen molar-refractivity contribution in [3.05, 3.63) is 28.7 Å². The maximum atomic E-state index is 13.0. The number of hydrogen-bond acceptors (Lipinski definition) is 5. The van der Waals surface area contributed by atoms with E-state index in [1.54, 1.807) is 32.0 Å². The topological polar surface area (TPSA) is 92.3 Å². The van der Waals surface area contributed by atoms with Crippen LogP contribution in [0.1, 0.15) is 52.4 Å². The fraction of sp³-hybridized carbons (Fsp3) is 0.636. The number of carbonyl (C=O) groups excluding carboxylic acids is 2. The van der Waals surface area contributed by atoms with Gasteiger partial charge in [0, 0.05) is 16.9 Å². The molecule has 2 N–H and O–H groups in total. The SMILES string of the molecule is CC(C)(NC1C2CC3CC1CC(CC=O)(C3)C2)C(=O)NS(=O)(=O)c1ccccc1Br. The maximum Gasteiger partial charge on any atom is 0.265 e. The van der Waals surface area contributed by atoms with Gasteiger partial charge in [0.2, 0.25) is 0 Å². The van der Waals surface area contributed by atoms with Gasteiger partial charge in [-0.15, -0.1) is 0 Å². The van der Waals surface area contributed by atoms with Gasteiger partial charge < -0.3 is 10.1 Å². The molecule has 30 heavy (non-hydrogen) atoms. The normalized spacial score (nSPS) is 32.8. The molecule has 5 rings (SSSR count). The Morgan fingerprint density at radius 2 is 1.83 bits per heavy atom. The molecular formula is C22H29BrN2O4S. The molecule has 2 atom stereocenters. The van der Waals surface area contributed by atoms with Gasteiger partial charge in [0.15, 0.2) is 0 Å². The van der Waals surface area contributed by atoms with Crippen molar-refractivity contribution in [1.29, 1.82) is 0 Å². The molecule has 164 valence electrons. The van der Waals surface area contributed by atoms with Crippen molar-refractivity contribution in [2.75, 3.05) is 0 Å². The number of hydrogen-bond donors (Lipinski definition) is 2. The van der Waals surface area contributed by atoms with E-state index in [9.17, 15) is 18.0 Å². The summed E-state index contributed by atoms with van der Waals surface area (Å²) in [5, 5.41) is 3.51. The van der Waals surface area contributed by atoms with E-state index in [1.807, 2.05) is 0 Å². The molecule has 0 aromatic heterocycles. The first-order chi connectivity index (χ1) is 14.1. The summed E-state index contributed by atoms with van der Waals surface area (Å²) >= 11 is 3.24. The van der Waals surface area contributed by atoms with Gasteiger partial charge in [-0.05, 0) is 97.2 Å². The minimum absolute atomic E-state index is 0.0413.